The predicted octanol–water partition coefficient (Wildman–Crippen LogP) is 14.7. The van der Waals surface area contributed by atoms with E-state index < -0.39 is 0 Å². The van der Waals surface area contributed by atoms with Crippen LogP contribution in [0, 0.1) is 0 Å². The summed E-state index contributed by atoms with van der Waals surface area (Å²) in [6, 6.07) is 71.2. The molecule has 0 atom stereocenters. The summed E-state index contributed by atoms with van der Waals surface area (Å²) in [6.07, 6.45) is 0. The number of fused-ring (bicyclic) bond motifs is 4. The lowest BCUT2D eigenvalue weighted by atomic mass is 9.83. The second kappa shape index (κ2) is 12.2. The first-order valence-corrected chi connectivity index (χ1v) is 18.3. The maximum absolute atomic E-state index is 2.36. The summed E-state index contributed by atoms with van der Waals surface area (Å²) < 4.78 is 0. The molecule has 0 aliphatic rings. The molecular formula is C50H32S. The van der Waals surface area contributed by atoms with Gasteiger partial charge in [0.1, 0.15) is 0 Å². The highest BCUT2D eigenvalue weighted by molar-refractivity contribution is 7.18. The van der Waals surface area contributed by atoms with Gasteiger partial charge in [-0.05, 0) is 106 Å². The summed E-state index contributed by atoms with van der Waals surface area (Å²) in [7, 11) is 0. The largest absolute Gasteiger partial charge is 0.135 e. The third-order valence-electron chi connectivity index (χ3n) is 10.3. The van der Waals surface area contributed by atoms with Crippen LogP contribution in [0.2, 0.25) is 0 Å². The van der Waals surface area contributed by atoms with Crippen LogP contribution >= 0.6 is 11.3 Å². The van der Waals surface area contributed by atoms with Crippen molar-refractivity contribution in [2.24, 2.45) is 0 Å². The second-order valence-electron chi connectivity index (χ2n) is 13.2. The molecule has 10 rings (SSSR count). The molecule has 1 heterocycles. The Hall–Kier alpha value is -6.28. The van der Waals surface area contributed by atoms with Crippen molar-refractivity contribution < 1.29 is 0 Å². The fourth-order valence-corrected chi connectivity index (χ4v) is 9.02. The lowest BCUT2D eigenvalue weighted by Crippen LogP contribution is -1.93. The molecule has 0 nitrogen and oxygen atoms in total. The normalized spacial score (nSPS) is 11.5. The van der Waals surface area contributed by atoms with Crippen molar-refractivity contribution in [3.05, 3.63) is 194 Å². The van der Waals surface area contributed by atoms with E-state index in [-0.39, 0.29) is 0 Å². The van der Waals surface area contributed by atoms with Gasteiger partial charge in [0.2, 0.25) is 0 Å². The Balaban J connectivity index is 1.17. The quantitative estimate of drug-likeness (QED) is 0.161. The second-order valence-corrected chi connectivity index (χ2v) is 14.3. The van der Waals surface area contributed by atoms with Crippen LogP contribution < -0.4 is 0 Å². The topological polar surface area (TPSA) is 0 Å². The lowest BCUT2D eigenvalue weighted by Gasteiger charge is -2.20. The first-order valence-electron chi connectivity index (χ1n) is 17.5. The summed E-state index contributed by atoms with van der Waals surface area (Å²) >= 11 is 1.85. The molecule has 0 radical (unpaired) electrons. The number of hydrogen-bond acceptors (Lipinski definition) is 1. The maximum Gasteiger partial charge on any atom is 0.0349 e. The van der Waals surface area contributed by atoms with Gasteiger partial charge in [-0.2, -0.15) is 0 Å². The smallest absolute Gasteiger partial charge is 0.0349 e. The number of thiophene rings is 1. The van der Waals surface area contributed by atoms with Gasteiger partial charge in [-0.15, -0.1) is 11.3 Å². The molecule has 0 unspecified atom stereocenters. The standard InChI is InChI=1S/C50H32S/c1-2-15-34(16-3-1)47-30-31-48(51-47)36-19-12-18-35(32-36)38-28-29-46(40-22-7-6-21-39(38)40)50-44-25-10-8-23-42(44)49(43-24-9-11-26-45(43)50)41-27-13-17-33-14-4-5-20-37(33)41/h1-32H. The van der Waals surface area contributed by atoms with Crippen molar-refractivity contribution in [2.45, 2.75) is 0 Å². The van der Waals surface area contributed by atoms with Crippen molar-refractivity contribution in [2.75, 3.05) is 0 Å². The highest BCUT2D eigenvalue weighted by Crippen LogP contribution is 2.47. The molecule has 10 aromatic rings. The molecule has 0 aliphatic heterocycles. The molecule has 0 spiro atoms. The molecule has 0 saturated carbocycles. The molecule has 1 aromatic heterocycles. The summed E-state index contributed by atoms with van der Waals surface area (Å²) in [5, 5.41) is 10.1. The minimum Gasteiger partial charge on any atom is -0.135 e. The fourth-order valence-electron chi connectivity index (χ4n) is 8.01. The van der Waals surface area contributed by atoms with Crippen LogP contribution in [0.25, 0.3) is 97.4 Å². The third-order valence-corrected chi connectivity index (χ3v) is 11.5. The van der Waals surface area contributed by atoms with Crippen molar-refractivity contribution in [1.82, 2.24) is 0 Å². The zero-order valence-corrected chi connectivity index (χ0v) is 28.7. The van der Waals surface area contributed by atoms with Crippen LogP contribution in [-0.4, -0.2) is 0 Å². The zero-order chi connectivity index (χ0) is 33.7. The van der Waals surface area contributed by atoms with E-state index >= 15 is 0 Å². The highest BCUT2D eigenvalue weighted by Gasteiger charge is 2.20. The molecular weight excluding hydrogens is 633 g/mol. The maximum atomic E-state index is 2.36. The number of hydrogen-bond donors (Lipinski definition) is 0. The first kappa shape index (κ1) is 29.6. The van der Waals surface area contributed by atoms with Gasteiger partial charge in [-0.3, -0.25) is 0 Å². The molecule has 0 fully saturated rings. The van der Waals surface area contributed by atoms with Gasteiger partial charge >= 0.3 is 0 Å². The molecule has 9 aromatic carbocycles. The molecule has 0 saturated heterocycles. The van der Waals surface area contributed by atoms with Crippen LogP contribution in [0.5, 0.6) is 0 Å². The van der Waals surface area contributed by atoms with E-state index in [9.17, 15) is 0 Å². The van der Waals surface area contributed by atoms with Crippen LogP contribution in [0.4, 0.5) is 0 Å². The Morgan fingerprint density at radius 1 is 0.255 bits per heavy atom. The minimum absolute atomic E-state index is 1.23. The van der Waals surface area contributed by atoms with Crippen LogP contribution in [-0.2, 0) is 0 Å². The monoisotopic (exact) mass is 664 g/mol. The highest BCUT2D eigenvalue weighted by atomic mass is 32.1. The Morgan fingerprint density at radius 2 is 0.686 bits per heavy atom. The van der Waals surface area contributed by atoms with E-state index in [1.54, 1.807) is 0 Å². The Morgan fingerprint density at radius 3 is 1.35 bits per heavy atom. The lowest BCUT2D eigenvalue weighted by molar-refractivity contribution is 1.64. The molecule has 0 N–H and O–H groups in total. The fraction of sp³-hybridized carbons (Fsp3) is 0. The van der Waals surface area contributed by atoms with E-state index in [2.05, 4.69) is 194 Å². The van der Waals surface area contributed by atoms with Gasteiger partial charge in [0.05, 0.1) is 0 Å². The zero-order valence-electron chi connectivity index (χ0n) is 27.9. The van der Waals surface area contributed by atoms with Gasteiger partial charge in [0.25, 0.3) is 0 Å². The van der Waals surface area contributed by atoms with Gasteiger partial charge in [0.15, 0.2) is 0 Å². The van der Waals surface area contributed by atoms with Crippen molar-refractivity contribution in [3.8, 4) is 54.3 Å². The molecule has 238 valence electrons. The van der Waals surface area contributed by atoms with E-state index in [0.717, 1.165) is 0 Å². The minimum atomic E-state index is 1.23. The first-order chi connectivity index (χ1) is 25.3. The van der Waals surface area contributed by atoms with Gasteiger partial charge in [-0.25, -0.2) is 0 Å². The van der Waals surface area contributed by atoms with Crippen molar-refractivity contribution in [1.29, 1.82) is 0 Å². The molecule has 0 aliphatic carbocycles. The average molecular weight is 665 g/mol. The van der Waals surface area contributed by atoms with Gasteiger partial charge in [0, 0.05) is 9.75 Å². The molecule has 0 bridgehead atoms. The van der Waals surface area contributed by atoms with Crippen molar-refractivity contribution >= 4 is 54.4 Å². The van der Waals surface area contributed by atoms with E-state index in [4.69, 9.17) is 0 Å². The van der Waals surface area contributed by atoms with E-state index in [1.165, 1.54) is 97.4 Å². The van der Waals surface area contributed by atoms with Crippen LogP contribution in [0.15, 0.2) is 194 Å². The van der Waals surface area contributed by atoms with Crippen LogP contribution in [0.3, 0.4) is 0 Å². The summed E-state index contributed by atoms with van der Waals surface area (Å²) in [5.74, 6) is 0. The van der Waals surface area contributed by atoms with Crippen LogP contribution in [0.1, 0.15) is 0 Å². The molecule has 0 amide bonds. The number of benzene rings is 9. The van der Waals surface area contributed by atoms with E-state index in [0.29, 0.717) is 0 Å². The summed E-state index contributed by atoms with van der Waals surface area (Å²) in [6.45, 7) is 0. The van der Waals surface area contributed by atoms with Gasteiger partial charge < -0.3 is 0 Å². The SMILES string of the molecule is c1ccc(-c2ccc(-c3cccc(-c4ccc(-c5c6ccccc6c(-c6cccc7ccccc67)c6ccccc56)c5ccccc45)c3)s2)cc1. The number of rotatable bonds is 5. The Labute approximate surface area is 301 Å². The van der Waals surface area contributed by atoms with Gasteiger partial charge in [-0.1, -0.05) is 176 Å². The molecule has 51 heavy (non-hydrogen) atoms. The summed E-state index contributed by atoms with van der Waals surface area (Å²) in [4.78, 5) is 2.57. The average Bonchev–Trinajstić information content (AvgIpc) is 3.71. The molecule has 1 heteroatoms. The Bertz CT molecular complexity index is 2850. The third kappa shape index (κ3) is 4.97. The predicted molar refractivity (Wildman–Crippen MR) is 222 cm³/mol. The van der Waals surface area contributed by atoms with Crippen molar-refractivity contribution in [3.63, 3.8) is 0 Å². The Kier molecular flexibility index (Phi) is 7.11. The summed E-state index contributed by atoms with van der Waals surface area (Å²) in [5.41, 5.74) is 10.1. The van der Waals surface area contributed by atoms with E-state index in [1.807, 2.05) is 11.3 Å².